The summed E-state index contributed by atoms with van der Waals surface area (Å²) in [7, 11) is 0. The van der Waals surface area contributed by atoms with Gasteiger partial charge in [0.15, 0.2) is 0 Å². The lowest BCUT2D eigenvalue weighted by atomic mass is 9.77. The second-order valence-corrected chi connectivity index (χ2v) is 10.1. The summed E-state index contributed by atoms with van der Waals surface area (Å²) in [5.41, 5.74) is 2.18. The van der Waals surface area contributed by atoms with Crippen LogP contribution in [-0.4, -0.2) is 17.5 Å². The predicted molar refractivity (Wildman–Crippen MR) is 141 cm³/mol. The minimum atomic E-state index is -4.63. The standard InChI is InChI=1S/C28H23F4NOS.CH2O2/c29-24-16-21(28(30,31)32)11-12-25(24)33-27(34)20-4-1-3-19(15-20)17-7-9-18(10-8-17)22-5-2-6-26-23(22)13-14-35-26;2-1-3/h2,5-14,16,19-20H,1,3-4,15H2,(H,33,34);1H,(H,2,3). The summed E-state index contributed by atoms with van der Waals surface area (Å²) >= 11 is 1.72. The van der Waals surface area contributed by atoms with Crippen molar-refractivity contribution < 1.29 is 32.3 Å². The molecule has 0 bridgehead atoms. The molecule has 4 nitrogen and oxygen atoms in total. The molecular formula is C29H25F4NO3S. The molecule has 1 aromatic heterocycles. The van der Waals surface area contributed by atoms with E-state index in [2.05, 4.69) is 59.2 Å². The Labute approximate surface area is 220 Å². The van der Waals surface area contributed by atoms with Crippen LogP contribution in [0, 0.1) is 11.7 Å². The van der Waals surface area contributed by atoms with Crippen LogP contribution in [0.15, 0.2) is 72.1 Å². The Hall–Kier alpha value is -3.72. The summed E-state index contributed by atoms with van der Waals surface area (Å²) < 4.78 is 53.8. The summed E-state index contributed by atoms with van der Waals surface area (Å²) in [6.45, 7) is -0.250. The molecule has 198 valence electrons. The zero-order valence-corrected chi connectivity index (χ0v) is 21.0. The maximum atomic E-state index is 14.2. The lowest BCUT2D eigenvalue weighted by Gasteiger charge is -2.29. The number of anilines is 1. The van der Waals surface area contributed by atoms with Crippen LogP contribution in [0.4, 0.5) is 23.2 Å². The summed E-state index contributed by atoms with van der Waals surface area (Å²) in [6.07, 6.45) is -1.53. The highest BCUT2D eigenvalue weighted by Gasteiger charge is 2.32. The van der Waals surface area contributed by atoms with Gasteiger partial charge in [-0.25, -0.2) is 4.39 Å². The highest BCUT2D eigenvalue weighted by molar-refractivity contribution is 7.17. The van der Waals surface area contributed by atoms with Crippen LogP contribution in [0.5, 0.6) is 0 Å². The molecule has 1 aliphatic carbocycles. The molecule has 1 saturated carbocycles. The van der Waals surface area contributed by atoms with Crippen LogP contribution in [-0.2, 0) is 15.8 Å². The van der Waals surface area contributed by atoms with E-state index < -0.39 is 17.6 Å². The molecule has 1 aliphatic rings. The minimum Gasteiger partial charge on any atom is -0.483 e. The molecule has 5 rings (SSSR count). The van der Waals surface area contributed by atoms with Gasteiger partial charge in [-0.2, -0.15) is 13.2 Å². The van der Waals surface area contributed by atoms with Gasteiger partial charge < -0.3 is 10.4 Å². The third kappa shape index (κ3) is 6.22. The molecule has 0 aliphatic heterocycles. The van der Waals surface area contributed by atoms with Crippen LogP contribution >= 0.6 is 11.3 Å². The summed E-state index contributed by atoms with van der Waals surface area (Å²) in [6, 6.07) is 19.0. The summed E-state index contributed by atoms with van der Waals surface area (Å²) in [5.74, 6) is -1.57. The van der Waals surface area contributed by atoms with E-state index in [0.29, 0.717) is 18.9 Å². The molecule has 0 spiro atoms. The fourth-order valence-electron chi connectivity index (χ4n) is 4.94. The highest BCUT2D eigenvalue weighted by Crippen LogP contribution is 2.39. The Bertz CT molecular complexity index is 1420. The normalized spacial score (nSPS) is 17.4. The van der Waals surface area contributed by atoms with Crippen molar-refractivity contribution in [1.29, 1.82) is 0 Å². The molecular weight excluding hydrogens is 518 g/mol. The molecule has 0 saturated heterocycles. The van der Waals surface area contributed by atoms with Gasteiger partial charge in [0.2, 0.25) is 5.91 Å². The number of carboxylic acid groups (broad SMARTS) is 1. The van der Waals surface area contributed by atoms with Gasteiger partial charge in [0.1, 0.15) is 5.82 Å². The first-order chi connectivity index (χ1) is 18.2. The first-order valence-corrected chi connectivity index (χ1v) is 12.9. The van der Waals surface area contributed by atoms with Crippen LogP contribution in [0.3, 0.4) is 0 Å². The third-order valence-electron chi connectivity index (χ3n) is 6.79. The van der Waals surface area contributed by atoms with Crippen molar-refractivity contribution in [3.63, 3.8) is 0 Å². The number of carbonyl (C=O) groups is 2. The summed E-state index contributed by atoms with van der Waals surface area (Å²) in [5, 5.41) is 12.7. The molecule has 2 N–H and O–H groups in total. The number of thiophene rings is 1. The minimum absolute atomic E-state index is 0.197. The Kier molecular flexibility index (Phi) is 8.46. The molecule has 1 amide bonds. The molecule has 2 unspecified atom stereocenters. The van der Waals surface area contributed by atoms with E-state index in [-0.39, 0.29) is 29.9 Å². The van der Waals surface area contributed by atoms with Gasteiger partial charge in [-0.15, -0.1) is 11.3 Å². The first-order valence-electron chi connectivity index (χ1n) is 12.0. The van der Waals surface area contributed by atoms with Crippen LogP contribution in [0.2, 0.25) is 0 Å². The van der Waals surface area contributed by atoms with E-state index in [1.807, 2.05) is 0 Å². The zero-order chi connectivity index (χ0) is 27.3. The van der Waals surface area contributed by atoms with Crippen molar-refractivity contribution in [2.24, 2.45) is 5.92 Å². The van der Waals surface area contributed by atoms with Crippen molar-refractivity contribution in [1.82, 2.24) is 0 Å². The zero-order valence-electron chi connectivity index (χ0n) is 20.2. The van der Waals surface area contributed by atoms with Crippen molar-refractivity contribution in [2.75, 3.05) is 5.32 Å². The molecule has 1 heterocycles. The van der Waals surface area contributed by atoms with Crippen LogP contribution in [0.1, 0.15) is 42.7 Å². The molecule has 3 aromatic carbocycles. The number of benzene rings is 3. The van der Waals surface area contributed by atoms with E-state index in [9.17, 15) is 22.4 Å². The Morgan fingerprint density at radius 3 is 2.45 bits per heavy atom. The van der Waals surface area contributed by atoms with Crippen LogP contribution in [0.25, 0.3) is 21.2 Å². The number of rotatable bonds is 4. The number of carbonyl (C=O) groups excluding carboxylic acids is 1. The van der Waals surface area contributed by atoms with Crippen molar-refractivity contribution in [2.45, 2.75) is 37.8 Å². The van der Waals surface area contributed by atoms with Gasteiger partial charge >= 0.3 is 6.18 Å². The molecule has 1 fully saturated rings. The number of halogens is 4. The van der Waals surface area contributed by atoms with E-state index in [4.69, 9.17) is 9.90 Å². The molecule has 9 heteroatoms. The topological polar surface area (TPSA) is 66.4 Å². The predicted octanol–water partition coefficient (Wildman–Crippen LogP) is 8.34. The Morgan fingerprint density at radius 2 is 1.76 bits per heavy atom. The van der Waals surface area contributed by atoms with E-state index >= 15 is 0 Å². The quantitative estimate of drug-likeness (QED) is 0.201. The number of hydrogen-bond donors (Lipinski definition) is 2. The van der Waals surface area contributed by atoms with Gasteiger partial charge in [-0.1, -0.05) is 42.8 Å². The Morgan fingerprint density at radius 1 is 1.03 bits per heavy atom. The van der Waals surface area contributed by atoms with Gasteiger partial charge in [0, 0.05) is 16.0 Å². The smallest absolute Gasteiger partial charge is 0.416 e. The molecule has 0 radical (unpaired) electrons. The second-order valence-electron chi connectivity index (χ2n) is 9.11. The van der Waals surface area contributed by atoms with Gasteiger partial charge in [-0.05, 0) is 77.6 Å². The van der Waals surface area contributed by atoms with Crippen molar-refractivity contribution >= 4 is 39.5 Å². The van der Waals surface area contributed by atoms with Crippen LogP contribution < -0.4 is 5.32 Å². The number of nitrogens with one attached hydrogen (secondary N) is 1. The average molecular weight is 544 g/mol. The maximum absolute atomic E-state index is 14.2. The monoisotopic (exact) mass is 543 g/mol. The van der Waals surface area contributed by atoms with Crippen molar-refractivity contribution in [3.05, 3.63) is 89.1 Å². The second kappa shape index (κ2) is 11.8. The van der Waals surface area contributed by atoms with E-state index in [1.54, 1.807) is 11.3 Å². The first kappa shape index (κ1) is 27.3. The maximum Gasteiger partial charge on any atom is 0.416 e. The molecule has 2 atom stereocenters. The highest BCUT2D eigenvalue weighted by atomic mass is 32.1. The fourth-order valence-corrected chi connectivity index (χ4v) is 5.75. The lowest BCUT2D eigenvalue weighted by molar-refractivity contribution is -0.137. The number of alkyl halides is 3. The average Bonchev–Trinajstić information content (AvgIpc) is 3.39. The van der Waals surface area contributed by atoms with Crippen molar-refractivity contribution in [3.8, 4) is 11.1 Å². The lowest BCUT2D eigenvalue weighted by Crippen LogP contribution is -2.28. The largest absolute Gasteiger partial charge is 0.483 e. The number of amides is 1. The SMILES string of the molecule is O=C(Nc1ccc(C(F)(F)F)cc1F)C1CCCC(c2ccc(-c3cccc4sccc34)cc2)C1.O=CO. The van der Waals surface area contributed by atoms with Gasteiger partial charge in [-0.3, -0.25) is 9.59 Å². The Balaban J connectivity index is 0.00000107. The molecule has 38 heavy (non-hydrogen) atoms. The third-order valence-corrected chi connectivity index (χ3v) is 7.67. The van der Waals surface area contributed by atoms with E-state index in [1.165, 1.54) is 15.6 Å². The van der Waals surface area contributed by atoms with Gasteiger partial charge in [0.25, 0.3) is 6.47 Å². The summed E-state index contributed by atoms with van der Waals surface area (Å²) in [4.78, 5) is 21.2. The van der Waals surface area contributed by atoms with Gasteiger partial charge in [0.05, 0.1) is 11.3 Å². The fraction of sp³-hybridized carbons (Fsp3) is 0.241. The van der Waals surface area contributed by atoms with E-state index in [0.717, 1.165) is 36.1 Å². The number of hydrogen-bond acceptors (Lipinski definition) is 3. The molecule has 4 aromatic rings. The number of fused-ring (bicyclic) bond motifs is 1.